The van der Waals surface area contributed by atoms with E-state index >= 15 is 0 Å². The van der Waals surface area contributed by atoms with Crippen molar-refractivity contribution >= 4 is 17.6 Å². The van der Waals surface area contributed by atoms with Crippen LogP contribution in [0.3, 0.4) is 0 Å². The molecule has 1 aromatic rings. The molecule has 0 aliphatic heterocycles. The highest BCUT2D eigenvalue weighted by Gasteiger charge is 2.22. The van der Waals surface area contributed by atoms with Gasteiger partial charge in [-0.25, -0.2) is 9.78 Å². The summed E-state index contributed by atoms with van der Waals surface area (Å²) in [6.07, 6.45) is -1.89. The summed E-state index contributed by atoms with van der Waals surface area (Å²) in [6.45, 7) is -0.672. The number of hydrogen-bond donors (Lipinski definition) is 4. The van der Waals surface area contributed by atoms with E-state index in [-0.39, 0.29) is 16.3 Å². The van der Waals surface area contributed by atoms with Gasteiger partial charge < -0.3 is 20.4 Å². The minimum atomic E-state index is -1.48. The van der Waals surface area contributed by atoms with Crippen molar-refractivity contribution in [3.8, 4) is 0 Å². The first-order chi connectivity index (χ1) is 7.47. The van der Waals surface area contributed by atoms with E-state index in [0.717, 1.165) is 12.3 Å². The molecule has 0 bridgehead atoms. The Morgan fingerprint density at radius 3 is 2.62 bits per heavy atom. The largest absolute Gasteiger partial charge is 0.478 e. The fraction of sp³-hybridized carbons (Fsp3) is 0.333. The maximum Gasteiger partial charge on any atom is 0.337 e. The summed E-state index contributed by atoms with van der Waals surface area (Å²) in [6, 6.07) is 1.10. The molecule has 0 aliphatic carbocycles. The van der Waals surface area contributed by atoms with Crippen molar-refractivity contribution in [2.75, 3.05) is 6.61 Å². The maximum atomic E-state index is 10.6. The van der Waals surface area contributed by atoms with E-state index in [1.165, 1.54) is 0 Å². The molecule has 0 aromatic carbocycles. The lowest BCUT2D eigenvalue weighted by atomic mass is 10.1. The number of halogens is 1. The van der Waals surface area contributed by atoms with Crippen LogP contribution in [0.2, 0.25) is 5.15 Å². The van der Waals surface area contributed by atoms with Crippen molar-refractivity contribution in [2.24, 2.45) is 0 Å². The summed E-state index contributed by atoms with van der Waals surface area (Å²) in [5.74, 6) is -1.23. The van der Waals surface area contributed by atoms with Crippen LogP contribution in [0.1, 0.15) is 22.0 Å². The predicted molar refractivity (Wildman–Crippen MR) is 54.3 cm³/mol. The van der Waals surface area contributed by atoms with Crippen molar-refractivity contribution in [1.82, 2.24) is 4.98 Å². The van der Waals surface area contributed by atoms with Crippen LogP contribution in [-0.4, -0.2) is 44.1 Å². The van der Waals surface area contributed by atoms with Gasteiger partial charge in [0.05, 0.1) is 12.2 Å². The highest BCUT2D eigenvalue weighted by Crippen LogP contribution is 2.24. The van der Waals surface area contributed by atoms with E-state index in [0.29, 0.717) is 0 Å². The van der Waals surface area contributed by atoms with Crippen molar-refractivity contribution < 1.29 is 25.2 Å². The molecule has 0 saturated heterocycles. The van der Waals surface area contributed by atoms with E-state index < -0.39 is 24.8 Å². The third-order valence-electron chi connectivity index (χ3n) is 1.98. The van der Waals surface area contributed by atoms with Gasteiger partial charge in [0.2, 0.25) is 0 Å². The number of rotatable bonds is 4. The second-order valence-electron chi connectivity index (χ2n) is 3.10. The zero-order valence-corrected chi connectivity index (χ0v) is 8.79. The zero-order valence-electron chi connectivity index (χ0n) is 8.04. The summed E-state index contributed by atoms with van der Waals surface area (Å²) in [5, 5.41) is 36.0. The van der Waals surface area contributed by atoms with Gasteiger partial charge in [0.1, 0.15) is 17.4 Å². The van der Waals surface area contributed by atoms with E-state index in [1.54, 1.807) is 0 Å². The summed E-state index contributed by atoms with van der Waals surface area (Å²) in [7, 11) is 0. The first-order valence-electron chi connectivity index (χ1n) is 4.33. The second kappa shape index (κ2) is 5.22. The lowest BCUT2D eigenvalue weighted by Gasteiger charge is -2.16. The molecular weight excluding hydrogens is 238 g/mol. The summed E-state index contributed by atoms with van der Waals surface area (Å²) < 4.78 is 0. The van der Waals surface area contributed by atoms with Crippen molar-refractivity contribution in [3.05, 3.63) is 28.5 Å². The van der Waals surface area contributed by atoms with E-state index in [1.807, 2.05) is 0 Å². The molecule has 7 heteroatoms. The fourth-order valence-electron chi connectivity index (χ4n) is 1.10. The van der Waals surface area contributed by atoms with E-state index in [9.17, 15) is 15.0 Å². The fourth-order valence-corrected chi connectivity index (χ4v) is 1.31. The molecule has 0 saturated carbocycles. The topological polar surface area (TPSA) is 111 Å². The Bertz CT molecular complexity index is 397. The number of carboxylic acid groups (broad SMARTS) is 1. The Labute approximate surface area is 95.8 Å². The van der Waals surface area contributed by atoms with Gasteiger partial charge in [-0.1, -0.05) is 11.6 Å². The number of aliphatic hydroxyl groups is 3. The quantitative estimate of drug-likeness (QED) is 0.550. The number of hydrogen-bond acceptors (Lipinski definition) is 5. The van der Waals surface area contributed by atoms with Crippen LogP contribution in [-0.2, 0) is 0 Å². The lowest BCUT2D eigenvalue weighted by Crippen LogP contribution is -2.22. The molecule has 0 radical (unpaired) electrons. The predicted octanol–water partition coefficient (Wildman–Crippen LogP) is -0.180. The molecular formula is C9H10ClNO5. The van der Waals surface area contributed by atoms with Crippen molar-refractivity contribution in [3.63, 3.8) is 0 Å². The number of pyridine rings is 1. The van der Waals surface area contributed by atoms with Gasteiger partial charge in [-0.05, 0) is 6.07 Å². The number of aromatic nitrogens is 1. The van der Waals surface area contributed by atoms with E-state index in [2.05, 4.69) is 4.98 Å². The van der Waals surface area contributed by atoms with Crippen LogP contribution in [0.5, 0.6) is 0 Å². The molecule has 0 spiro atoms. The van der Waals surface area contributed by atoms with Gasteiger partial charge in [0.25, 0.3) is 0 Å². The molecule has 0 fully saturated rings. The molecule has 0 amide bonds. The highest BCUT2D eigenvalue weighted by atomic mass is 35.5. The molecule has 2 atom stereocenters. The molecule has 4 N–H and O–H groups in total. The Balaban J connectivity index is 3.11. The van der Waals surface area contributed by atoms with Gasteiger partial charge >= 0.3 is 5.97 Å². The van der Waals surface area contributed by atoms with Crippen LogP contribution >= 0.6 is 11.6 Å². The molecule has 0 aliphatic rings. The zero-order chi connectivity index (χ0) is 12.3. The Morgan fingerprint density at radius 2 is 2.12 bits per heavy atom. The average molecular weight is 248 g/mol. The van der Waals surface area contributed by atoms with Crippen molar-refractivity contribution in [2.45, 2.75) is 12.2 Å². The average Bonchev–Trinajstić information content (AvgIpc) is 2.27. The van der Waals surface area contributed by atoms with Crippen LogP contribution in [0.15, 0.2) is 12.3 Å². The smallest absolute Gasteiger partial charge is 0.337 e. The number of aliphatic hydroxyl groups excluding tert-OH is 3. The monoisotopic (exact) mass is 247 g/mol. The van der Waals surface area contributed by atoms with Gasteiger partial charge in [-0.3, -0.25) is 0 Å². The molecule has 88 valence electrons. The molecule has 6 nitrogen and oxygen atoms in total. The Morgan fingerprint density at radius 1 is 1.50 bits per heavy atom. The first-order valence-corrected chi connectivity index (χ1v) is 4.71. The van der Waals surface area contributed by atoms with Crippen molar-refractivity contribution in [1.29, 1.82) is 0 Å². The third-order valence-corrected chi connectivity index (χ3v) is 2.30. The SMILES string of the molecule is O=C(O)c1cnc(Cl)c(C(O)C(O)CO)c1. The standard InChI is InChI=1S/C9H10ClNO5/c10-8-5(7(14)6(13)3-12)1-4(2-11-8)9(15)16/h1-2,6-7,12-14H,3H2,(H,15,16). The van der Waals surface area contributed by atoms with Crippen LogP contribution in [0.25, 0.3) is 0 Å². The lowest BCUT2D eigenvalue weighted by molar-refractivity contribution is -0.0153. The van der Waals surface area contributed by atoms with Gasteiger partial charge in [-0.15, -0.1) is 0 Å². The molecule has 1 aromatic heterocycles. The van der Waals surface area contributed by atoms with Gasteiger partial charge in [-0.2, -0.15) is 0 Å². The van der Waals surface area contributed by atoms with Crippen LogP contribution in [0.4, 0.5) is 0 Å². The number of carbonyl (C=O) groups is 1. The number of nitrogens with zero attached hydrogens (tertiary/aromatic N) is 1. The minimum Gasteiger partial charge on any atom is -0.478 e. The number of carboxylic acids is 1. The van der Waals surface area contributed by atoms with Crippen LogP contribution < -0.4 is 0 Å². The molecule has 1 rings (SSSR count). The van der Waals surface area contributed by atoms with Crippen LogP contribution in [0, 0.1) is 0 Å². The molecule has 16 heavy (non-hydrogen) atoms. The number of aromatic carboxylic acids is 1. The van der Waals surface area contributed by atoms with Gasteiger partial charge in [0, 0.05) is 11.8 Å². The molecule has 1 heterocycles. The maximum absolute atomic E-state index is 10.6. The van der Waals surface area contributed by atoms with E-state index in [4.69, 9.17) is 21.8 Å². The summed E-state index contributed by atoms with van der Waals surface area (Å²) >= 11 is 5.64. The second-order valence-corrected chi connectivity index (χ2v) is 3.46. The minimum absolute atomic E-state index is 0.0388. The normalized spacial score (nSPS) is 14.5. The van der Waals surface area contributed by atoms with Gasteiger partial charge in [0.15, 0.2) is 0 Å². The molecule has 2 unspecified atom stereocenters. The third kappa shape index (κ3) is 2.67. The summed E-state index contributed by atoms with van der Waals surface area (Å²) in [5.41, 5.74) is -0.202. The first kappa shape index (κ1) is 12.9. The Hall–Kier alpha value is -1.21. The Kier molecular flexibility index (Phi) is 4.19. The summed E-state index contributed by atoms with van der Waals surface area (Å²) in [4.78, 5) is 14.2. The highest BCUT2D eigenvalue weighted by molar-refractivity contribution is 6.30.